The lowest BCUT2D eigenvalue weighted by Gasteiger charge is -2.36. The van der Waals surface area contributed by atoms with Gasteiger partial charge in [-0.1, -0.05) is 26.8 Å². The van der Waals surface area contributed by atoms with Gasteiger partial charge in [-0.25, -0.2) is 10.4 Å². The molecule has 0 aromatic heterocycles. The van der Waals surface area contributed by atoms with E-state index in [2.05, 4.69) is 57.8 Å². The van der Waals surface area contributed by atoms with Crippen LogP contribution in [0, 0.1) is 0 Å². The SMILES string of the molecule is CPc1cccc(C2=C3N=CC(N4CCC(NCCCCN)CC4)=CN3NC2)c1. The van der Waals surface area contributed by atoms with E-state index in [4.69, 9.17) is 10.7 Å². The maximum atomic E-state index is 5.57. The Bertz CT molecular complexity index is 794. The molecule has 4 rings (SSSR count). The molecule has 0 radical (unpaired) electrons. The monoisotopic (exact) mass is 412 g/mol. The fraction of sp³-hybridized carbons (Fsp3) is 0.500. The van der Waals surface area contributed by atoms with E-state index in [1.54, 1.807) is 0 Å². The molecule has 3 aliphatic rings. The molecule has 29 heavy (non-hydrogen) atoms. The second-order valence-electron chi connectivity index (χ2n) is 7.86. The van der Waals surface area contributed by atoms with Crippen molar-refractivity contribution in [1.29, 1.82) is 0 Å². The summed E-state index contributed by atoms with van der Waals surface area (Å²) in [5.74, 6) is 1.03. The van der Waals surface area contributed by atoms with E-state index in [1.165, 1.54) is 41.4 Å². The van der Waals surface area contributed by atoms with Gasteiger partial charge in [0.15, 0.2) is 5.82 Å². The van der Waals surface area contributed by atoms with E-state index in [0.717, 1.165) is 53.5 Å². The molecule has 156 valence electrons. The molecule has 0 saturated carbocycles. The number of nitrogens with two attached hydrogens (primary N) is 1. The van der Waals surface area contributed by atoms with Crippen molar-refractivity contribution in [2.75, 3.05) is 39.4 Å². The van der Waals surface area contributed by atoms with Crippen molar-refractivity contribution in [2.24, 2.45) is 10.7 Å². The maximum absolute atomic E-state index is 5.57. The first kappa shape index (κ1) is 20.5. The third-order valence-electron chi connectivity index (χ3n) is 5.93. The van der Waals surface area contributed by atoms with Crippen LogP contribution >= 0.6 is 8.58 Å². The molecule has 3 heterocycles. The van der Waals surface area contributed by atoms with Crippen LogP contribution < -0.4 is 21.8 Å². The van der Waals surface area contributed by atoms with E-state index in [0.29, 0.717) is 6.04 Å². The van der Waals surface area contributed by atoms with Gasteiger partial charge in [0.25, 0.3) is 0 Å². The molecule has 0 spiro atoms. The fourth-order valence-corrected chi connectivity index (χ4v) is 4.74. The second kappa shape index (κ2) is 9.86. The molecular formula is C22H33N6P. The average Bonchev–Trinajstić information content (AvgIpc) is 3.20. The number of piperidine rings is 1. The fourth-order valence-electron chi connectivity index (χ4n) is 4.18. The molecule has 1 aromatic rings. The summed E-state index contributed by atoms with van der Waals surface area (Å²) in [7, 11) is 0.815. The first-order valence-electron chi connectivity index (χ1n) is 10.8. The molecular weight excluding hydrogens is 379 g/mol. The lowest BCUT2D eigenvalue weighted by atomic mass is 10.0. The van der Waals surface area contributed by atoms with Gasteiger partial charge in [0, 0.05) is 37.4 Å². The van der Waals surface area contributed by atoms with Gasteiger partial charge in [0.2, 0.25) is 0 Å². The number of hydrogen-bond acceptors (Lipinski definition) is 6. The quantitative estimate of drug-likeness (QED) is 0.449. The van der Waals surface area contributed by atoms with Crippen molar-refractivity contribution in [3.05, 3.63) is 47.5 Å². The Labute approximate surface area is 176 Å². The number of benzene rings is 1. The van der Waals surface area contributed by atoms with Crippen LogP contribution in [0.4, 0.5) is 0 Å². The molecule has 6 nitrogen and oxygen atoms in total. The first-order chi connectivity index (χ1) is 14.3. The van der Waals surface area contributed by atoms with Gasteiger partial charge in [-0.3, -0.25) is 5.01 Å². The minimum atomic E-state index is 0.628. The molecule has 0 bridgehead atoms. The number of likely N-dealkylation sites (tertiary alicyclic amines) is 1. The van der Waals surface area contributed by atoms with Crippen molar-refractivity contribution in [3.63, 3.8) is 0 Å². The highest BCUT2D eigenvalue weighted by Gasteiger charge is 2.27. The minimum absolute atomic E-state index is 0.628. The molecule has 1 fully saturated rings. The van der Waals surface area contributed by atoms with Crippen LogP contribution in [0.3, 0.4) is 0 Å². The smallest absolute Gasteiger partial charge is 0.152 e. The molecule has 1 aromatic carbocycles. The summed E-state index contributed by atoms with van der Waals surface area (Å²) in [6.07, 6.45) is 8.89. The number of hydrazine groups is 1. The number of nitrogens with zero attached hydrogens (tertiary/aromatic N) is 3. The lowest BCUT2D eigenvalue weighted by molar-refractivity contribution is 0.243. The molecule has 0 amide bonds. The van der Waals surface area contributed by atoms with Gasteiger partial charge in [0.1, 0.15) is 0 Å². The summed E-state index contributed by atoms with van der Waals surface area (Å²) >= 11 is 0. The Morgan fingerprint density at radius 1 is 1.28 bits per heavy atom. The van der Waals surface area contributed by atoms with E-state index in [-0.39, 0.29) is 0 Å². The highest BCUT2D eigenvalue weighted by molar-refractivity contribution is 7.46. The standard InChI is InChI=1S/C22H33N6P/c1-29-20-6-4-5-17(13-20)21-15-26-28-16-19(14-25-22(21)28)27-11-7-18(8-12-27)24-10-3-2-9-23/h4-6,13-14,16,18,24,26,29H,2-3,7-12,15,23H2,1H3. The number of aliphatic imine (C=N–C) groups is 1. The van der Waals surface area contributed by atoms with Crippen LogP contribution in [0.15, 0.2) is 47.0 Å². The van der Waals surface area contributed by atoms with Gasteiger partial charge in [-0.15, -0.1) is 0 Å². The van der Waals surface area contributed by atoms with Crippen LogP contribution in [0.2, 0.25) is 0 Å². The predicted molar refractivity (Wildman–Crippen MR) is 125 cm³/mol. The van der Waals surface area contributed by atoms with Crippen LogP contribution in [0.1, 0.15) is 31.2 Å². The number of hydrogen-bond donors (Lipinski definition) is 3. The number of unbranched alkanes of at least 4 members (excludes halogenated alkanes) is 1. The van der Waals surface area contributed by atoms with Crippen molar-refractivity contribution < 1.29 is 0 Å². The number of nitrogens with one attached hydrogen (secondary N) is 2. The molecule has 1 atom stereocenters. The minimum Gasteiger partial charge on any atom is -0.369 e. The average molecular weight is 413 g/mol. The van der Waals surface area contributed by atoms with Gasteiger partial charge >= 0.3 is 0 Å². The van der Waals surface area contributed by atoms with Gasteiger partial charge in [-0.05, 0) is 62.4 Å². The van der Waals surface area contributed by atoms with Crippen molar-refractivity contribution >= 4 is 25.7 Å². The zero-order chi connectivity index (χ0) is 20.1. The molecule has 7 heteroatoms. The number of rotatable bonds is 8. The highest BCUT2D eigenvalue weighted by atomic mass is 31.1. The summed E-state index contributed by atoms with van der Waals surface area (Å²) in [5, 5.41) is 7.18. The lowest BCUT2D eigenvalue weighted by Crippen LogP contribution is -2.43. The Balaban J connectivity index is 1.36. The molecule has 3 aliphatic heterocycles. The van der Waals surface area contributed by atoms with Crippen molar-refractivity contribution in [2.45, 2.75) is 31.7 Å². The van der Waals surface area contributed by atoms with E-state index in [1.807, 2.05) is 6.21 Å². The Morgan fingerprint density at radius 2 is 2.14 bits per heavy atom. The Morgan fingerprint density at radius 3 is 2.93 bits per heavy atom. The van der Waals surface area contributed by atoms with E-state index in [9.17, 15) is 0 Å². The van der Waals surface area contributed by atoms with Gasteiger partial charge in [0.05, 0.1) is 11.9 Å². The normalized spacial score (nSPS) is 20.1. The summed E-state index contributed by atoms with van der Waals surface area (Å²) in [5.41, 5.74) is 12.8. The second-order valence-corrected chi connectivity index (χ2v) is 8.94. The van der Waals surface area contributed by atoms with Gasteiger partial charge in [-0.2, -0.15) is 0 Å². The summed E-state index contributed by atoms with van der Waals surface area (Å²) in [6.45, 7) is 7.07. The topological polar surface area (TPSA) is 68.9 Å². The van der Waals surface area contributed by atoms with Crippen molar-refractivity contribution in [1.82, 2.24) is 20.7 Å². The Hall–Kier alpha value is -1.72. The largest absolute Gasteiger partial charge is 0.369 e. The van der Waals surface area contributed by atoms with Gasteiger partial charge < -0.3 is 16.0 Å². The van der Waals surface area contributed by atoms with Crippen molar-refractivity contribution in [3.8, 4) is 0 Å². The molecule has 1 unspecified atom stereocenters. The summed E-state index contributed by atoms with van der Waals surface area (Å²) in [4.78, 5) is 7.29. The number of fused-ring (bicyclic) bond motifs is 1. The van der Waals surface area contributed by atoms with Crippen LogP contribution in [0.5, 0.6) is 0 Å². The zero-order valence-electron chi connectivity index (χ0n) is 17.3. The first-order valence-corrected chi connectivity index (χ1v) is 12.3. The van der Waals surface area contributed by atoms with Crippen LogP contribution in [-0.2, 0) is 0 Å². The maximum Gasteiger partial charge on any atom is 0.152 e. The third-order valence-corrected chi connectivity index (χ3v) is 6.82. The zero-order valence-corrected chi connectivity index (χ0v) is 18.3. The number of allylic oxidation sites excluding steroid dienone is 1. The van der Waals surface area contributed by atoms with E-state index >= 15 is 0 Å². The van der Waals surface area contributed by atoms with Crippen LogP contribution in [-0.4, -0.2) is 61.6 Å². The summed E-state index contributed by atoms with van der Waals surface area (Å²) < 4.78 is 0. The Kier molecular flexibility index (Phi) is 6.98. The third kappa shape index (κ3) is 4.89. The highest BCUT2D eigenvalue weighted by Crippen LogP contribution is 2.29. The van der Waals surface area contributed by atoms with E-state index < -0.39 is 0 Å². The summed E-state index contributed by atoms with van der Waals surface area (Å²) in [6, 6.07) is 9.47. The molecule has 0 aliphatic carbocycles. The predicted octanol–water partition coefficient (Wildman–Crippen LogP) is 1.83. The molecule has 4 N–H and O–H groups in total. The molecule has 1 saturated heterocycles. The van der Waals surface area contributed by atoms with Crippen LogP contribution in [0.25, 0.3) is 5.57 Å².